The molecule has 1 heterocycles. The number of Topliss-reactive ketones (excluding diaryl/α,β-unsaturated/α-hetero) is 1. The van der Waals surface area contributed by atoms with Crippen LogP contribution < -0.4 is 14.8 Å². The maximum atomic E-state index is 12.5. The van der Waals surface area contributed by atoms with Gasteiger partial charge in [-0.1, -0.05) is 0 Å². The van der Waals surface area contributed by atoms with Gasteiger partial charge in [0.2, 0.25) is 11.7 Å². The van der Waals surface area contributed by atoms with E-state index >= 15 is 0 Å². The number of carbonyl (C=O) groups excluding carboxylic acids is 3. The van der Waals surface area contributed by atoms with E-state index in [1.807, 2.05) is 0 Å². The lowest BCUT2D eigenvalue weighted by Crippen LogP contribution is -2.24. The molecule has 28 heavy (non-hydrogen) atoms. The van der Waals surface area contributed by atoms with Crippen LogP contribution >= 0.6 is 0 Å². The summed E-state index contributed by atoms with van der Waals surface area (Å²) in [5, 5.41) is 2.63. The van der Waals surface area contributed by atoms with Gasteiger partial charge >= 0.3 is 5.97 Å². The molecule has 0 aliphatic carbocycles. The average Bonchev–Trinajstić information content (AvgIpc) is 2.92. The van der Waals surface area contributed by atoms with Crippen molar-refractivity contribution >= 4 is 23.3 Å². The summed E-state index contributed by atoms with van der Waals surface area (Å²) >= 11 is 0. The normalized spacial score (nSPS) is 13.8. The molecular weight excluding hydrogens is 362 g/mol. The molecule has 2 aromatic carbocycles. The van der Waals surface area contributed by atoms with Crippen LogP contribution in [-0.4, -0.2) is 37.0 Å². The maximum Gasteiger partial charge on any atom is 0.338 e. The number of amides is 1. The van der Waals surface area contributed by atoms with Crippen molar-refractivity contribution < 1.29 is 28.6 Å². The third kappa shape index (κ3) is 4.68. The lowest BCUT2D eigenvalue weighted by Gasteiger charge is -2.14. The molecule has 1 atom stereocenters. The molecule has 1 N–H and O–H groups in total. The highest BCUT2D eigenvalue weighted by Crippen LogP contribution is 2.30. The number of hydrogen-bond acceptors (Lipinski definition) is 6. The van der Waals surface area contributed by atoms with Crippen molar-refractivity contribution in [3.05, 3.63) is 53.6 Å². The van der Waals surface area contributed by atoms with E-state index in [9.17, 15) is 14.4 Å². The zero-order valence-electron chi connectivity index (χ0n) is 15.7. The standard InChI is InChI=1S/C21H21NO6/c1-13(20(24)15-4-7-17(8-5-15)22-14(2)23)28-21(25)16-6-9-18-19(12-16)27-11-3-10-26-18/h4-9,12-13H,3,10-11H2,1-2H3,(H,22,23). The second kappa shape index (κ2) is 8.56. The highest BCUT2D eigenvalue weighted by atomic mass is 16.5. The summed E-state index contributed by atoms with van der Waals surface area (Å²) in [7, 11) is 0. The van der Waals surface area contributed by atoms with Crippen molar-refractivity contribution in [2.45, 2.75) is 26.4 Å². The van der Waals surface area contributed by atoms with Crippen LogP contribution in [0.2, 0.25) is 0 Å². The molecule has 3 rings (SSSR count). The molecule has 0 saturated heterocycles. The van der Waals surface area contributed by atoms with Gasteiger partial charge in [-0.05, 0) is 49.4 Å². The average molecular weight is 383 g/mol. The van der Waals surface area contributed by atoms with Gasteiger partial charge in [0, 0.05) is 24.6 Å². The van der Waals surface area contributed by atoms with E-state index in [1.165, 1.54) is 13.8 Å². The van der Waals surface area contributed by atoms with Crippen LogP contribution in [0.3, 0.4) is 0 Å². The van der Waals surface area contributed by atoms with E-state index in [0.29, 0.717) is 36.0 Å². The summed E-state index contributed by atoms with van der Waals surface area (Å²) in [6.07, 6.45) is -0.198. The molecular formula is C21H21NO6. The summed E-state index contributed by atoms with van der Waals surface area (Å²) in [5.41, 5.74) is 1.25. The SMILES string of the molecule is CC(=O)Nc1ccc(C(=O)C(C)OC(=O)c2ccc3c(c2)OCCCO3)cc1. The summed E-state index contributed by atoms with van der Waals surface area (Å²) < 4.78 is 16.4. The minimum Gasteiger partial charge on any atom is -0.490 e. The quantitative estimate of drug-likeness (QED) is 0.630. The van der Waals surface area contributed by atoms with Crippen molar-refractivity contribution in [1.29, 1.82) is 0 Å². The van der Waals surface area contributed by atoms with Gasteiger partial charge in [-0.2, -0.15) is 0 Å². The fourth-order valence-electron chi connectivity index (χ4n) is 2.73. The van der Waals surface area contributed by atoms with Crippen molar-refractivity contribution in [3.63, 3.8) is 0 Å². The smallest absolute Gasteiger partial charge is 0.338 e. The second-order valence-corrected chi connectivity index (χ2v) is 6.38. The van der Waals surface area contributed by atoms with Gasteiger partial charge in [0.15, 0.2) is 17.6 Å². The second-order valence-electron chi connectivity index (χ2n) is 6.38. The third-order valence-corrected chi connectivity index (χ3v) is 4.13. The van der Waals surface area contributed by atoms with Crippen molar-refractivity contribution in [2.24, 2.45) is 0 Å². The summed E-state index contributed by atoms with van der Waals surface area (Å²) in [6.45, 7) is 3.99. The number of hydrogen-bond donors (Lipinski definition) is 1. The van der Waals surface area contributed by atoms with Crippen LogP contribution in [0.25, 0.3) is 0 Å². The van der Waals surface area contributed by atoms with Crippen LogP contribution in [0.1, 0.15) is 41.0 Å². The van der Waals surface area contributed by atoms with Gasteiger partial charge in [-0.3, -0.25) is 9.59 Å². The molecule has 2 aromatic rings. The Labute approximate surface area is 162 Å². The minimum atomic E-state index is -0.963. The van der Waals surface area contributed by atoms with E-state index in [0.717, 1.165) is 6.42 Å². The number of ketones is 1. The zero-order valence-corrected chi connectivity index (χ0v) is 15.7. The van der Waals surface area contributed by atoms with E-state index < -0.39 is 12.1 Å². The molecule has 146 valence electrons. The number of anilines is 1. The number of nitrogens with one attached hydrogen (secondary N) is 1. The molecule has 1 unspecified atom stereocenters. The molecule has 0 saturated carbocycles. The van der Waals surface area contributed by atoms with E-state index in [1.54, 1.807) is 42.5 Å². The molecule has 1 aliphatic heterocycles. The van der Waals surface area contributed by atoms with Crippen molar-refractivity contribution in [1.82, 2.24) is 0 Å². The number of carbonyl (C=O) groups is 3. The van der Waals surface area contributed by atoms with Crippen molar-refractivity contribution in [2.75, 3.05) is 18.5 Å². The Hall–Kier alpha value is -3.35. The Bertz CT molecular complexity index is 890. The molecule has 1 aliphatic rings. The topological polar surface area (TPSA) is 90.9 Å². The molecule has 0 radical (unpaired) electrons. The van der Waals surface area contributed by atoms with E-state index in [-0.39, 0.29) is 17.3 Å². The van der Waals surface area contributed by atoms with E-state index in [2.05, 4.69) is 5.32 Å². The maximum absolute atomic E-state index is 12.5. The predicted octanol–water partition coefficient (Wildman–Crippen LogP) is 3.23. The summed E-state index contributed by atoms with van der Waals surface area (Å²) in [6, 6.07) is 11.2. The Morgan fingerprint density at radius 3 is 2.29 bits per heavy atom. The lowest BCUT2D eigenvalue weighted by molar-refractivity contribution is -0.114. The first-order chi connectivity index (χ1) is 13.4. The van der Waals surface area contributed by atoms with Gasteiger partial charge in [0.25, 0.3) is 0 Å². The molecule has 1 amide bonds. The summed E-state index contributed by atoms with van der Waals surface area (Å²) in [5.74, 6) is -0.0862. The van der Waals surface area contributed by atoms with Crippen LogP contribution in [0.15, 0.2) is 42.5 Å². The van der Waals surface area contributed by atoms with Crippen LogP contribution in [0.4, 0.5) is 5.69 Å². The largest absolute Gasteiger partial charge is 0.490 e. The molecule has 0 aromatic heterocycles. The number of esters is 1. The van der Waals surface area contributed by atoms with Gasteiger partial charge < -0.3 is 19.5 Å². The molecule has 7 nitrogen and oxygen atoms in total. The molecule has 0 fully saturated rings. The van der Waals surface area contributed by atoms with Gasteiger partial charge in [-0.15, -0.1) is 0 Å². The first kappa shape index (κ1) is 19.4. The van der Waals surface area contributed by atoms with E-state index in [4.69, 9.17) is 14.2 Å². The number of ether oxygens (including phenoxy) is 3. The Balaban J connectivity index is 1.65. The van der Waals surface area contributed by atoms with Crippen LogP contribution in [-0.2, 0) is 9.53 Å². The van der Waals surface area contributed by atoms with Gasteiger partial charge in [0.05, 0.1) is 18.8 Å². The van der Waals surface area contributed by atoms with Crippen molar-refractivity contribution in [3.8, 4) is 11.5 Å². The first-order valence-electron chi connectivity index (χ1n) is 8.96. The fourth-order valence-corrected chi connectivity index (χ4v) is 2.73. The molecule has 0 spiro atoms. The van der Waals surface area contributed by atoms with Crippen LogP contribution in [0.5, 0.6) is 11.5 Å². The number of fused-ring (bicyclic) bond motifs is 1. The molecule has 7 heteroatoms. The van der Waals surface area contributed by atoms with Gasteiger partial charge in [0.1, 0.15) is 0 Å². The van der Waals surface area contributed by atoms with Crippen LogP contribution in [0, 0.1) is 0 Å². The highest BCUT2D eigenvalue weighted by molar-refractivity contribution is 6.02. The minimum absolute atomic E-state index is 0.198. The molecule has 0 bridgehead atoms. The zero-order chi connectivity index (χ0) is 20.1. The lowest BCUT2D eigenvalue weighted by atomic mass is 10.1. The Morgan fingerprint density at radius 2 is 1.61 bits per heavy atom. The Kier molecular flexibility index (Phi) is 5.93. The first-order valence-corrected chi connectivity index (χ1v) is 8.96. The Morgan fingerprint density at radius 1 is 0.964 bits per heavy atom. The highest BCUT2D eigenvalue weighted by Gasteiger charge is 2.22. The predicted molar refractivity (Wildman–Crippen MR) is 102 cm³/mol. The fraction of sp³-hybridized carbons (Fsp3) is 0.286. The number of benzene rings is 2. The van der Waals surface area contributed by atoms with Gasteiger partial charge in [-0.25, -0.2) is 4.79 Å². The summed E-state index contributed by atoms with van der Waals surface area (Å²) in [4.78, 5) is 36.0. The number of rotatable bonds is 5. The third-order valence-electron chi connectivity index (χ3n) is 4.13. The monoisotopic (exact) mass is 383 g/mol.